The number of thioether (sulfide) groups is 1. The molecule has 0 saturated heterocycles. The maximum atomic E-state index is 12.4. The van der Waals surface area contributed by atoms with Gasteiger partial charge in [0.2, 0.25) is 11.8 Å². The molecular weight excluding hydrogens is 336 g/mol. The van der Waals surface area contributed by atoms with Crippen LogP contribution < -0.4 is 5.32 Å². The van der Waals surface area contributed by atoms with Gasteiger partial charge in [-0.2, -0.15) is 5.10 Å². The molecule has 134 valence electrons. The van der Waals surface area contributed by atoms with Gasteiger partial charge in [-0.1, -0.05) is 12.1 Å². The molecule has 1 N–H and O–H groups in total. The average Bonchev–Trinajstić information content (AvgIpc) is 2.81. The van der Waals surface area contributed by atoms with Gasteiger partial charge in [-0.15, -0.1) is 11.8 Å². The van der Waals surface area contributed by atoms with Crippen molar-refractivity contribution in [2.24, 2.45) is 7.05 Å². The first-order valence-corrected chi connectivity index (χ1v) is 9.21. The smallest absolute Gasteiger partial charge is 0.244 e. The fourth-order valence-corrected chi connectivity index (χ4v) is 3.15. The number of aromatic nitrogens is 2. The van der Waals surface area contributed by atoms with E-state index >= 15 is 0 Å². The molecule has 0 unspecified atom stereocenters. The summed E-state index contributed by atoms with van der Waals surface area (Å²) in [5, 5.41) is 7.19. The van der Waals surface area contributed by atoms with Crippen LogP contribution >= 0.6 is 11.8 Å². The summed E-state index contributed by atoms with van der Waals surface area (Å²) in [5.74, 6) is -0.315. The van der Waals surface area contributed by atoms with Gasteiger partial charge in [0.25, 0.3) is 0 Å². The van der Waals surface area contributed by atoms with Crippen molar-refractivity contribution in [2.75, 3.05) is 25.2 Å². The van der Waals surface area contributed by atoms with Gasteiger partial charge >= 0.3 is 0 Å². The number of aryl methyl sites for hydroxylation is 2. The van der Waals surface area contributed by atoms with Crippen molar-refractivity contribution in [3.63, 3.8) is 0 Å². The second kappa shape index (κ2) is 8.20. The Morgan fingerprint density at radius 1 is 1.28 bits per heavy atom. The second-order valence-electron chi connectivity index (χ2n) is 5.95. The molecule has 0 fully saturated rings. The second-order valence-corrected chi connectivity index (χ2v) is 6.80. The van der Waals surface area contributed by atoms with E-state index in [2.05, 4.69) is 10.4 Å². The first-order valence-electron chi connectivity index (χ1n) is 7.99. The highest BCUT2D eigenvalue weighted by atomic mass is 32.2. The third-order valence-electron chi connectivity index (χ3n) is 4.17. The standard InChI is InChI=1S/C18H24N4O2S/c1-12-14(13(2)22(4)20-12)10-18(24)21(3)11-17(23)19-15-8-6-7-9-16(15)25-5/h6-9H,10-11H2,1-5H3,(H,19,23). The van der Waals surface area contributed by atoms with E-state index in [4.69, 9.17) is 0 Å². The van der Waals surface area contributed by atoms with Crippen LogP contribution in [0.2, 0.25) is 0 Å². The van der Waals surface area contributed by atoms with Gasteiger partial charge in [0.1, 0.15) is 0 Å². The number of nitrogens with one attached hydrogen (secondary N) is 1. The van der Waals surface area contributed by atoms with Crippen molar-refractivity contribution in [2.45, 2.75) is 25.2 Å². The molecule has 0 bridgehead atoms. The highest BCUT2D eigenvalue weighted by Gasteiger charge is 2.18. The van der Waals surface area contributed by atoms with Crippen molar-refractivity contribution in [3.8, 4) is 0 Å². The molecule has 0 aliphatic rings. The fourth-order valence-electron chi connectivity index (χ4n) is 2.60. The van der Waals surface area contributed by atoms with Gasteiger partial charge in [-0.05, 0) is 32.2 Å². The molecule has 1 aromatic carbocycles. The Hall–Kier alpha value is -2.28. The lowest BCUT2D eigenvalue weighted by Gasteiger charge is -2.17. The first kappa shape index (κ1) is 19.1. The predicted molar refractivity (Wildman–Crippen MR) is 101 cm³/mol. The van der Waals surface area contributed by atoms with Gasteiger partial charge in [-0.3, -0.25) is 14.3 Å². The van der Waals surface area contributed by atoms with Gasteiger partial charge < -0.3 is 10.2 Å². The van der Waals surface area contributed by atoms with Crippen LogP contribution in [0.25, 0.3) is 0 Å². The zero-order chi connectivity index (χ0) is 18.6. The molecule has 0 saturated carbocycles. The Balaban J connectivity index is 1.97. The van der Waals surface area contributed by atoms with Crippen LogP contribution in [0.3, 0.4) is 0 Å². The molecule has 0 atom stereocenters. The van der Waals surface area contributed by atoms with Gasteiger partial charge in [0, 0.05) is 30.2 Å². The summed E-state index contributed by atoms with van der Waals surface area (Å²) >= 11 is 1.57. The summed E-state index contributed by atoms with van der Waals surface area (Å²) in [5.41, 5.74) is 3.50. The molecule has 0 aliphatic heterocycles. The number of likely N-dealkylation sites (N-methyl/N-ethyl adjacent to an activating group) is 1. The van der Waals surface area contributed by atoms with Crippen molar-refractivity contribution >= 4 is 29.3 Å². The monoisotopic (exact) mass is 360 g/mol. The number of nitrogens with zero attached hydrogens (tertiary/aromatic N) is 3. The molecule has 1 heterocycles. The first-order chi connectivity index (χ1) is 11.8. The number of carbonyl (C=O) groups is 2. The van der Waals surface area contributed by atoms with E-state index in [1.165, 1.54) is 4.90 Å². The summed E-state index contributed by atoms with van der Waals surface area (Å²) in [6, 6.07) is 7.60. The number of para-hydroxylation sites is 1. The molecule has 25 heavy (non-hydrogen) atoms. The van der Waals surface area contributed by atoms with E-state index in [0.29, 0.717) is 0 Å². The summed E-state index contributed by atoms with van der Waals surface area (Å²) in [4.78, 5) is 27.1. The Morgan fingerprint density at radius 3 is 2.56 bits per heavy atom. The average molecular weight is 360 g/mol. The maximum absolute atomic E-state index is 12.4. The molecule has 1 aromatic heterocycles. The Morgan fingerprint density at radius 2 is 1.96 bits per heavy atom. The van der Waals surface area contributed by atoms with Crippen molar-refractivity contribution in [3.05, 3.63) is 41.2 Å². The number of rotatable bonds is 6. The van der Waals surface area contributed by atoms with Crippen molar-refractivity contribution in [1.29, 1.82) is 0 Å². The van der Waals surface area contributed by atoms with Crippen LogP contribution in [0, 0.1) is 13.8 Å². The molecule has 2 aromatic rings. The molecule has 7 heteroatoms. The van der Waals surface area contributed by atoms with E-state index in [1.807, 2.05) is 51.4 Å². The largest absolute Gasteiger partial charge is 0.336 e. The lowest BCUT2D eigenvalue weighted by molar-refractivity contribution is -0.132. The predicted octanol–water partition coefficient (Wildman–Crippen LogP) is 2.40. The molecule has 0 radical (unpaired) electrons. The van der Waals surface area contributed by atoms with Crippen LogP contribution in [0.15, 0.2) is 29.2 Å². The zero-order valence-corrected chi connectivity index (χ0v) is 16.1. The van der Waals surface area contributed by atoms with E-state index in [-0.39, 0.29) is 24.8 Å². The molecular formula is C18H24N4O2S. The SMILES string of the molecule is CSc1ccccc1NC(=O)CN(C)C(=O)Cc1c(C)nn(C)c1C. The quantitative estimate of drug-likeness (QED) is 0.803. The highest BCUT2D eigenvalue weighted by Crippen LogP contribution is 2.24. The Labute approximate surface area is 152 Å². The summed E-state index contributed by atoms with van der Waals surface area (Å²) in [7, 11) is 3.50. The Kier molecular flexibility index (Phi) is 6.25. The molecule has 2 amide bonds. The molecule has 2 rings (SSSR count). The molecule has 6 nitrogen and oxygen atoms in total. The molecule has 0 spiro atoms. The minimum atomic E-state index is -0.211. The lowest BCUT2D eigenvalue weighted by atomic mass is 10.1. The van der Waals surface area contributed by atoms with Crippen LogP contribution in [0.4, 0.5) is 5.69 Å². The number of benzene rings is 1. The minimum absolute atomic E-state index is 0.0138. The van der Waals surface area contributed by atoms with Crippen LogP contribution in [-0.2, 0) is 23.1 Å². The van der Waals surface area contributed by atoms with E-state index in [1.54, 1.807) is 23.5 Å². The summed E-state index contributed by atoms with van der Waals surface area (Å²) in [6.45, 7) is 3.84. The van der Waals surface area contributed by atoms with Crippen molar-refractivity contribution < 1.29 is 9.59 Å². The third kappa shape index (κ3) is 4.63. The Bertz CT molecular complexity index is 785. The van der Waals surface area contributed by atoms with Gasteiger partial charge in [0.15, 0.2) is 0 Å². The van der Waals surface area contributed by atoms with Crippen LogP contribution in [0.1, 0.15) is 17.0 Å². The summed E-state index contributed by atoms with van der Waals surface area (Å²) < 4.78 is 1.77. The number of anilines is 1. The van der Waals surface area contributed by atoms with E-state index in [0.717, 1.165) is 27.5 Å². The maximum Gasteiger partial charge on any atom is 0.244 e. The van der Waals surface area contributed by atoms with Crippen LogP contribution in [-0.4, -0.2) is 46.3 Å². The van der Waals surface area contributed by atoms with Gasteiger partial charge in [-0.25, -0.2) is 0 Å². The van der Waals surface area contributed by atoms with Crippen molar-refractivity contribution in [1.82, 2.24) is 14.7 Å². The van der Waals surface area contributed by atoms with E-state index in [9.17, 15) is 9.59 Å². The van der Waals surface area contributed by atoms with Gasteiger partial charge in [0.05, 0.1) is 24.3 Å². The minimum Gasteiger partial charge on any atom is -0.336 e. The number of hydrogen-bond donors (Lipinski definition) is 1. The normalized spacial score (nSPS) is 10.6. The fraction of sp³-hybridized carbons (Fsp3) is 0.389. The lowest BCUT2D eigenvalue weighted by Crippen LogP contribution is -2.36. The molecule has 0 aliphatic carbocycles. The third-order valence-corrected chi connectivity index (χ3v) is 4.97. The number of hydrogen-bond acceptors (Lipinski definition) is 4. The number of amides is 2. The van der Waals surface area contributed by atoms with E-state index < -0.39 is 0 Å². The number of carbonyl (C=O) groups excluding carboxylic acids is 2. The topological polar surface area (TPSA) is 67.2 Å². The summed E-state index contributed by atoms with van der Waals surface area (Å²) in [6.07, 6.45) is 2.20. The zero-order valence-electron chi connectivity index (χ0n) is 15.3. The van der Waals surface area contributed by atoms with Crippen LogP contribution in [0.5, 0.6) is 0 Å². The highest BCUT2D eigenvalue weighted by molar-refractivity contribution is 7.98.